The Hall–Kier alpha value is -0.500. The first kappa shape index (κ1) is 4.65. The first-order valence-electron chi connectivity index (χ1n) is 1.99. The molecule has 0 spiro atoms. The van der Waals surface area contributed by atoms with Crippen LogP contribution in [0.1, 0.15) is 0 Å². The Bertz CT molecular complexity index is 110. The van der Waals surface area contributed by atoms with Crippen LogP contribution in [0.15, 0.2) is 28.1 Å². The summed E-state index contributed by atoms with van der Waals surface area (Å²) in [6.45, 7) is 0. The molecular weight excluding hydrogens is 106 g/mol. The second-order valence-corrected chi connectivity index (χ2v) is 1.86. The van der Waals surface area contributed by atoms with E-state index in [1.165, 1.54) is 0 Å². The largest absolute Gasteiger partial charge is 0.264 e. The molecule has 0 saturated carbocycles. The van der Waals surface area contributed by atoms with E-state index in [0.29, 0.717) is 0 Å². The molecule has 2 heteroatoms. The van der Waals surface area contributed by atoms with E-state index in [0.717, 1.165) is 0 Å². The predicted octanol–water partition coefficient (Wildman–Crippen LogP) is 1.79. The van der Waals surface area contributed by atoms with Crippen molar-refractivity contribution in [2.45, 2.75) is 0 Å². The van der Waals surface area contributed by atoms with Gasteiger partial charge in [-0.15, -0.1) is 11.8 Å². The van der Waals surface area contributed by atoms with Gasteiger partial charge in [-0.05, 0) is 16.9 Å². The molecule has 1 aliphatic rings. The number of aliphatic imine (C=N–C) groups is 1. The molecule has 0 aliphatic carbocycles. The highest BCUT2D eigenvalue weighted by Gasteiger charge is 1.71. The van der Waals surface area contributed by atoms with E-state index in [1.807, 2.05) is 16.9 Å². The minimum absolute atomic E-state index is 1.63. The maximum Gasteiger partial charge on any atom is 0.0334 e. The summed E-state index contributed by atoms with van der Waals surface area (Å²) in [5.41, 5.74) is 0. The Balaban J connectivity index is 2.60. The molecule has 7 heavy (non-hydrogen) atoms. The van der Waals surface area contributed by atoms with Crippen LogP contribution in [-0.4, -0.2) is 6.21 Å². The van der Waals surface area contributed by atoms with Gasteiger partial charge in [0.25, 0.3) is 0 Å². The summed E-state index contributed by atoms with van der Waals surface area (Å²) in [7, 11) is 0. The molecule has 0 aromatic heterocycles. The van der Waals surface area contributed by atoms with Crippen LogP contribution in [0.5, 0.6) is 0 Å². The van der Waals surface area contributed by atoms with Gasteiger partial charge < -0.3 is 0 Å². The van der Waals surface area contributed by atoms with E-state index >= 15 is 0 Å². The first-order chi connectivity index (χ1) is 3.50. The third-order valence-electron chi connectivity index (χ3n) is 0.555. The van der Waals surface area contributed by atoms with Gasteiger partial charge in [0.2, 0.25) is 0 Å². The fraction of sp³-hybridized carbons (Fsp3) is 0. The van der Waals surface area contributed by atoms with Crippen LogP contribution < -0.4 is 0 Å². The molecule has 0 aromatic rings. The fourth-order valence-electron chi connectivity index (χ4n) is 0.296. The number of nitrogens with zero attached hydrogens (tertiary/aromatic N) is 1. The Morgan fingerprint density at radius 1 is 1.29 bits per heavy atom. The van der Waals surface area contributed by atoms with Crippen LogP contribution in [0.2, 0.25) is 0 Å². The van der Waals surface area contributed by atoms with E-state index < -0.39 is 0 Å². The molecule has 0 radical (unpaired) electrons. The predicted molar refractivity (Wildman–Crippen MR) is 34.4 cm³/mol. The van der Waals surface area contributed by atoms with Crippen molar-refractivity contribution in [3.8, 4) is 0 Å². The van der Waals surface area contributed by atoms with Crippen LogP contribution in [0.25, 0.3) is 0 Å². The van der Waals surface area contributed by atoms with Crippen LogP contribution >= 0.6 is 11.8 Å². The molecule has 0 unspecified atom stereocenters. The monoisotopic (exact) mass is 111 g/mol. The molecule has 36 valence electrons. The van der Waals surface area contributed by atoms with Crippen molar-refractivity contribution >= 4 is 18.0 Å². The van der Waals surface area contributed by atoms with Crippen LogP contribution in [0.3, 0.4) is 0 Å². The average molecular weight is 111 g/mol. The third kappa shape index (κ3) is 1.59. The van der Waals surface area contributed by atoms with Crippen molar-refractivity contribution in [1.29, 1.82) is 0 Å². The molecule has 1 rings (SSSR count). The lowest BCUT2D eigenvalue weighted by molar-refractivity contribution is 1.63. The number of allylic oxidation sites excluding steroid dienone is 1. The zero-order valence-electron chi connectivity index (χ0n) is 3.74. The molecule has 1 aliphatic heterocycles. The summed E-state index contributed by atoms with van der Waals surface area (Å²) in [5, 5.41) is 3.91. The van der Waals surface area contributed by atoms with Crippen LogP contribution in [-0.2, 0) is 0 Å². The summed E-state index contributed by atoms with van der Waals surface area (Å²) in [5.74, 6) is 0. The van der Waals surface area contributed by atoms with Crippen molar-refractivity contribution in [3.63, 3.8) is 0 Å². The quantitative estimate of drug-likeness (QED) is 0.464. The third-order valence-corrected chi connectivity index (χ3v) is 1.15. The van der Waals surface area contributed by atoms with Crippen molar-refractivity contribution in [2.24, 2.45) is 4.99 Å². The maximum atomic E-state index is 3.86. The van der Waals surface area contributed by atoms with E-state index in [9.17, 15) is 0 Å². The molecule has 0 N–H and O–H groups in total. The smallest absolute Gasteiger partial charge is 0.0334 e. The van der Waals surface area contributed by atoms with Gasteiger partial charge in [-0.2, -0.15) is 0 Å². The topological polar surface area (TPSA) is 12.4 Å². The molecule has 0 atom stereocenters. The van der Waals surface area contributed by atoms with Gasteiger partial charge in [0, 0.05) is 12.4 Å². The minimum atomic E-state index is 1.63. The van der Waals surface area contributed by atoms with Gasteiger partial charge in [-0.25, -0.2) is 0 Å². The Morgan fingerprint density at radius 3 is 3.29 bits per heavy atom. The highest BCUT2D eigenvalue weighted by atomic mass is 32.2. The molecule has 0 amide bonds. The van der Waals surface area contributed by atoms with Gasteiger partial charge in [-0.3, -0.25) is 4.99 Å². The van der Waals surface area contributed by atoms with E-state index in [-0.39, 0.29) is 0 Å². The molecule has 0 bridgehead atoms. The van der Waals surface area contributed by atoms with Crippen LogP contribution in [0.4, 0.5) is 0 Å². The summed E-state index contributed by atoms with van der Waals surface area (Å²) < 4.78 is 0. The first-order valence-corrected chi connectivity index (χ1v) is 2.93. The highest BCUT2D eigenvalue weighted by molar-refractivity contribution is 8.04. The summed E-state index contributed by atoms with van der Waals surface area (Å²) in [6.07, 6.45) is 5.44. The summed E-state index contributed by atoms with van der Waals surface area (Å²) in [6, 6.07) is 0. The molecule has 0 aromatic carbocycles. The van der Waals surface area contributed by atoms with Crippen molar-refractivity contribution in [2.75, 3.05) is 0 Å². The maximum absolute atomic E-state index is 3.86. The van der Waals surface area contributed by atoms with Crippen molar-refractivity contribution in [3.05, 3.63) is 23.1 Å². The molecule has 1 heterocycles. The fourth-order valence-corrected chi connectivity index (χ4v) is 0.688. The van der Waals surface area contributed by atoms with Crippen molar-refractivity contribution in [1.82, 2.24) is 0 Å². The zero-order valence-corrected chi connectivity index (χ0v) is 4.56. The lowest BCUT2D eigenvalue weighted by Crippen LogP contribution is -1.52. The number of thioether (sulfide) groups is 1. The lowest BCUT2D eigenvalue weighted by atomic mass is 10.7. The van der Waals surface area contributed by atoms with E-state index in [2.05, 4.69) is 4.99 Å². The molecular formula is C5H5NS. The lowest BCUT2D eigenvalue weighted by Gasteiger charge is -1.68. The molecule has 1 nitrogen and oxygen atoms in total. The van der Waals surface area contributed by atoms with Gasteiger partial charge in [0.1, 0.15) is 0 Å². The number of hydrogen-bond acceptors (Lipinski definition) is 2. The minimum Gasteiger partial charge on any atom is -0.264 e. The van der Waals surface area contributed by atoms with Gasteiger partial charge in [0.05, 0.1) is 0 Å². The van der Waals surface area contributed by atoms with Gasteiger partial charge in [0.15, 0.2) is 0 Å². The Morgan fingerprint density at radius 2 is 2.29 bits per heavy atom. The summed E-state index contributed by atoms with van der Waals surface area (Å²) >= 11 is 1.63. The number of rotatable bonds is 0. The highest BCUT2D eigenvalue weighted by Crippen LogP contribution is 2.04. The zero-order chi connectivity index (χ0) is 4.95. The van der Waals surface area contributed by atoms with Crippen LogP contribution in [0, 0.1) is 0 Å². The van der Waals surface area contributed by atoms with E-state index in [1.54, 1.807) is 24.2 Å². The SMILES string of the molecule is C1=CSC=CN=C1. The second-order valence-electron chi connectivity index (χ2n) is 1.05. The molecule has 0 saturated heterocycles. The summed E-state index contributed by atoms with van der Waals surface area (Å²) in [4.78, 5) is 3.86. The average Bonchev–Trinajstić information content (AvgIpc) is 1.90. The van der Waals surface area contributed by atoms with Gasteiger partial charge >= 0.3 is 0 Å². The number of hydrogen-bond donors (Lipinski definition) is 0. The standard InChI is InChI=1S/C5H5NS/c1-2-6-3-5-7-4-1/h1-5H. The molecule has 0 fully saturated rings. The Kier molecular flexibility index (Phi) is 1.75. The second kappa shape index (κ2) is 2.64. The van der Waals surface area contributed by atoms with Crippen molar-refractivity contribution < 1.29 is 0 Å². The van der Waals surface area contributed by atoms with E-state index in [4.69, 9.17) is 0 Å². The normalized spacial score (nSPS) is 17.1. The Labute approximate surface area is 46.8 Å². The van der Waals surface area contributed by atoms with Gasteiger partial charge in [-0.1, -0.05) is 0 Å².